The van der Waals surface area contributed by atoms with Gasteiger partial charge in [-0.25, -0.2) is 0 Å². The zero-order chi connectivity index (χ0) is 17.9. The second-order valence-electron chi connectivity index (χ2n) is 8.36. The van der Waals surface area contributed by atoms with Crippen molar-refractivity contribution in [3.05, 3.63) is 0 Å². The zero-order valence-electron chi connectivity index (χ0n) is 17.3. The highest BCUT2D eigenvalue weighted by Gasteiger charge is 2.16. The fourth-order valence-corrected chi connectivity index (χ4v) is 3.43. The van der Waals surface area contributed by atoms with Gasteiger partial charge in [-0.15, -0.1) is 0 Å². The van der Waals surface area contributed by atoms with Gasteiger partial charge in [0, 0.05) is 26.2 Å². The summed E-state index contributed by atoms with van der Waals surface area (Å²) in [6.45, 7) is 15.5. The molecule has 0 saturated carbocycles. The smallest absolute Gasteiger partial charge is 0.0110 e. The molecule has 2 aliphatic heterocycles. The molecule has 0 bridgehead atoms. The predicted octanol–water partition coefficient (Wildman–Crippen LogP) is 1.36. The molecule has 0 aromatic heterocycles. The van der Waals surface area contributed by atoms with Crippen LogP contribution in [0.25, 0.3) is 0 Å². The summed E-state index contributed by atoms with van der Waals surface area (Å²) in [6.07, 6.45) is 6.63. The lowest BCUT2D eigenvalue weighted by Gasteiger charge is -2.21. The molecule has 0 amide bonds. The van der Waals surface area contributed by atoms with E-state index in [1.807, 2.05) is 0 Å². The van der Waals surface area contributed by atoms with Gasteiger partial charge in [-0.2, -0.15) is 0 Å². The van der Waals surface area contributed by atoms with Crippen molar-refractivity contribution in [2.45, 2.75) is 32.1 Å². The molecule has 5 heteroatoms. The van der Waals surface area contributed by atoms with Crippen molar-refractivity contribution in [2.24, 2.45) is 0 Å². The lowest BCUT2D eigenvalue weighted by molar-refractivity contribution is 0.262. The Morgan fingerprint density at radius 2 is 0.800 bits per heavy atom. The standard InChI is InChI=1S/C20H43N5/c1-21(11-6-12-23(3)14-8-16-25-19-20-25)9-4-5-10-22(2)13-7-15-24-17-18-24/h4-20H2,1-3H3. The summed E-state index contributed by atoms with van der Waals surface area (Å²) in [5.74, 6) is 0. The topological polar surface area (TPSA) is 15.7 Å². The Bertz CT molecular complexity index is 330. The normalized spacial score (nSPS) is 18.0. The minimum atomic E-state index is 1.24. The number of hydrogen-bond donors (Lipinski definition) is 0. The molecule has 5 nitrogen and oxygen atoms in total. The summed E-state index contributed by atoms with van der Waals surface area (Å²) >= 11 is 0. The van der Waals surface area contributed by atoms with E-state index in [1.165, 1.54) is 111 Å². The van der Waals surface area contributed by atoms with Crippen molar-refractivity contribution < 1.29 is 0 Å². The molecule has 2 saturated heterocycles. The average Bonchev–Trinajstić information content (AvgIpc) is 3.46. The van der Waals surface area contributed by atoms with E-state index in [2.05, 4.69) is 45.6 Å². The number of hydrogen-bond acceptors (Lipinski definition) is 5. The SMILES string of the molecule is CN(CCCCN(C)CCCN1CC1)CCCN(C)CCCN1CC1. The second kappa shape index (κ2) is 12.2. The number of rotatable bonds is 17. The van der Waals surface area contributed by atoms with Crippen molar-refractivity contribution in [2.75, 3.05) is 99.7 Å². The third-order valence-electron chi connectivity index (χ3n) is 5.52. The second-order valence-corrected chi connectivity index (χ2v) is 8.36. The first-order valence-corrected chi connectivity index (χ1v) is 10.6. The number of nitrogens with zero attached hydrogens (tertiary/aromatic N) is 5. The molecule has 2 rings (SSSR count). The van der Waals surface area contributed by atoms with E-state index < -0.39 is 0 Å². The molecule has 0 aromatic carbocycles. The van der Waals surface area contributed by atoms with Crippen LogP contribution >= 0.6 is 0 Å². The maximum atomic E-state index is 2.52. The van der Waals surface area contributed by atoms with E-state index in [-0.39, 0.29) is 0 Å². The summed E-state index contributed by atoms with van der Waals surface area (Å²) in [5, 5.41) is 0. The Balaban J connectivity index is 1.32. The van der Waals surface area contributed by atoms with Gasteiger partial charge < -0.3 is 24.5 Å². The van der Waals surface area contributed by atoms with Crippen LogP contribution in [-0.2, 0) is 0 Å². The summed E-state index contributed by atoms with van der Waals surface area (Å²) in [4.78, 5) is 12.6. The van der Waals surface area contributed by atoms with Crippen LogP contribution in [0.1, 0.15) is 32.1 Å². The highest BCUT2D eigenvalue weighted by molar-refractivity contribution is 4.73. The van der Waals surface area contributed by atoms with E-state index in [4.69, 9.17) is 0 Å². The van der Waals surface area contributed by atoms with Crippen LogP contribution < -0.4 is 0 Å². The third kappa shape index (κ3) is 11.9. The van der Waals surface area contributed by atoms with Gasteiger partial charge in [0.1, 0.15) is 0 Å². The molecular weight excluding hydrogens is 310 g/mol. The Morgan fingerprint density at radius 3 is 1.16 bits per heavy atom. The largest absolute Gasteiger partial charge is 0.306 e. The predicted molar refractivity (Wildman–Crippen MR) is 108 cm³/mol. The summed E-state index contributed by atoms with van der Waals surface area (Å²) in [7, 11) is 6.84. The first kappa shape index (κ1) is 21.1. The fraction of sp³-hybridized carbons (Fsp3) is 1.00. The van der Waals surface area contributed by atoms with Gasteiger partial charge in [-0.1, -0.05) is 0 Å². The van der Waals surface area contributed by atoms with Crippen molar-refractivity contribution in [1.82, 2.24) is 24.5 Å². The minimum absolute atomic E-state index is 1.24. The fourth-order valence-electron chi connectivity index (χ4n) is 3.43. The molecule has 2 fully saturated rings. The molecule has 0 aromatic rings. The summed E-state index contributed by atoms with van der Waals surface area (Å²) < 4.78 is 0. The van der Waals surface area contributed by atoms with Crippen molar-refractivity contribution in [1.29, 1.82) is 0 Å². The van der Waals surface area contributed by atoms with Crippen LogP contribution in [0.2, 0.25) is 0 Å². The molecule has 0 aliphatic carbocycles. The lowest BCUT2D eigenvalue weighted by atomic mass is 10.2. The van der Waals surface area contributed by atoms with E-state index in [0.717, 1.165) is 0 Å². The van der Waals surface area contributed by atoms with E-state index in [0.29, 0.717) is 0 Å². The van der Waals surface area contributed by atoms with Crippen LogP contribution in [0.4, 0.5) is 0 Å². The molecule has 148 valence electrons. The van der Waals surface area contributed by atoms with Gasteiger partial charge in [0.05, 0.1) is 0 Å². The molecular formula is C20H43N5. The molecule has 0 atom stereocenters. The zero-order valence-corrected chi connectivity index (χ0v) is 17.3. The molecule has 0 radical (unpaired) electrons. The highest BCUT2D eigenvalue weighted by Crippen LogP contribution is 2.05. The summed E-state index contributed by atoms with van der Waals surface area (Å²) in [5.41, 5.74) is 0. The maximum absolute atomic E-state index is 2.52. The third-order valence-corrected chi connectivity index (χ3v) is 5.52. The van der Waals surface area contributed by atoms with Crippen LogP contribution in [-0.4, -0.2) is 124 Å². The quantitative estimate of drug-likeness (QED) is 0.289. The first-order chi connectivity index (χ1) is 12.1. The van der Waals surface area contributed by atoms with Gasteiger partial charge in [0.25, 0.3) is 0 Å². The van der Waals surface area contributed by atoms with Crippen LogP contribution in [0.15, 0.2) is 0 Å². The average molecular weight is 354 g/mol. The summed E-state index contributed by atoms with van der Waals surface area (Å²) in [6, 6.07) is 0. The van der Waals surface area contributed by atoms with E-state index in [9.17, 15) is 0 Å². The van der Waals surface area contributed by atoms with Gasteiger partial charge >= 0.3 is 0 Å². The lowest BCUT2D eigenvalue weighted by Crippen LogP contribution is -2.28. The molecule has 0 spiro atoms. The molecule has 0 N–H and O–H groups in total. The maximum Gasteiger partial charge on any atom is 0.0110 e. The van der Waals surface area contributed by atoms with Gasteiger partial charge in [0.2, 0.25) is 0 Å². The monoisotopic (exact) mass is 353 g/mol. The minimum Gasteiger partial charge on any atom is -0.306 e. The first-order valence-electron chi connectivity index (χ1n) is 10.6. The van der Waals surface area contributed by atoms with Crippen LogP contribution in [0, 0.1) is 0 Å². The van der Waals surface area contributed by atoms with Gasteiger partial charge in [-0.05, 0) is 106 Å². The van der Waals surface area contributed by atoms with Crippen LogP contribution in [0.5, 0.6) is 0 Å². The van der Waals surface area contributed by atoms with Gasteiger partial charge in [-0.3, -0.25) is 0 Å². The Labute approximate surface area is 156 Å². The van der Waals surface area contributed by atoms with Crippen molar-refractivity contribution in [3.8, 4) is 0 Å². The Morgan fingerprint density at radius 1 is 0.480 bits per heavy atom. The van der Waals surface area contributed by atoms with E-state index >= 15 is 0 Å². The molecule has 2 aliphatic rings. The molecule has 2 heterocycles. The van der Waals surface area contributed by atoms with E-state index in [1.54, 1.807) is 0 Å². The van der Waals surface area contributed by atoms with Crippen molar-refractivity contribution >= 4 is 0 Å². The van der Waals surface area contributed by atoms with Crippen molar-refractivity contribution in [3.63, 3.8) is 0 Å². The highest BCUT2D eigenvalue weighted by atomic mass is 15.3. The Hall–Kier alpha value is -0.200. The molecule has 0 unspecified atom stereocenters. The van der Waals surface area contributed by atoms with Gasteiger partial charge in [0.15, 0.2) is 0 Å². The Kier molecular flexibility index (Phi) is 10.3. The molecule has 25 heavy (non-hydrogen) atoms. The number of unbranched alkanes of at least 4 members (excludes halogenated alkanes) is 1. The van der Waals surface area contributed by atoms with Crippen LogP contribution in [0.3, 0.4) is 0 Å².